The average Bonchev–Trinajstić information content (AvgIpc) is 2.75. The molecule has 0 aliphatic carbocycles. The van der Waals surface area contributed by atoms with E-state index in [1.54, 1.807) is 19.9 Å². The molecule has 3 rings (SSSR count). The Hall–Kier alpha value is -1.57. The van der Waals surface area contributed by atoms with Crippen LogP contribution in [0.5, 0.6) is 5.75 Å². The van der Waals surface area contributed by atoms with Crippen LogP contribution in [0, 0.1) is 11.7 Å². The molecule has 3 atom stereocenters. The van der Waals surface area contributed by atoms with Crippen molar-refractivity contribution in [3.8, 4) is 5.75 Å². The number of nitrogens with zero attached hydrogens (tertiary/aromatic N) is 2. The summed E-state index contributed by atoms with van der Waals surface area (Å²) in [6.45, 7) is 2.94. The van der Waals surface area contributed by atoms with Gasteiger partial charge in [0.25, 0.3) is 0 Å². The number of hydrogen-bond donors (Lipinski definition) is 1. The Morgan fingerprint density at radius 2 is 1.91 bits per heavy atom. The van der Waals surface area contributed by atoms with Crippen molar-refractivity contribution in [1.29, 1.82) is 0 Å². The fourth-order valence-corrected chi connectivity index (χ4v) is 6.90. The van der Waals surface area contributed by atoms with Crippen LogP contribution >= 0.6 is 15.9 Å². The summed E-state index contributed by atoms with van der Waals surface area (Å²) in [6, 6.07) is 8.35. The van der Waals surface area contributed by atoms with Crippen molar-refractivity contribution in [2.24, 2.45) is 5.92 Å². The number of rotatable bonds is 6. The first kappa shape index (κ1) is 26.0. The molecule has 1 heterocycles. The first-order valence-corrected chi connectivity index (χ1v) is 13.9. The van der Waals surface area contributed by atoms with Gasteiger partial charge in [-0.05, 0) is 49.4 Å². The zero-order chi connectivity index (χ0) is 24.6. The number of halogens is 2. The number of aliphatic hydroxyl groups excluding tert-OH is 1. The summed E-state index contributed by atoms with van der Waals surface area (Å²) in [6.07, 6.45) is -0.706. The van der Waals surface area contributed by atoms with E-state index in [-0.39, 0.29) is 35.2 Å². The van der Waals surface area contributed by atoms with Gasteiger partial charge in [-0.3, -0.25) is 0 Å². The highest BCUT2D eigenvalue weighted by molar-refractivity contribution is 9.10. The Labute approximate surface area is 202 Å². The first-order valence-electron chi connectivity index (χ1n) is 10.2. The van der Waals surface area contributed by atoms with Gasteiger partial charge in [0.15, 0.2) is 0 Å². The number of sulfonamides is 2. The average molecular weight is 565 g/mol. The van der Waals surface area contributed by atoms with E-state index in [2.05, 4.69) is 15.9 Å². The minimum absolute atomic E-state index is 0.0225. The summed E-state index contributed by atoms with van der Waals surface area (Å²) in [4.78, 5) is -0.127. The van der Waals surface area contributed by atoms with Gasteiger partial charge in [0.05, 0.1) is 18.0 Å². The highest BCUT2D eigenvalue weighted by atomic mass is 79.9. The molecule has 0 saturated carbocycles. The number of aliphatic hydroxyl groups is 1. The van der Waals surface area contributed by atoms with Gasteiger partial charge in [0.2, 0.25) is 20.0 Å². The van der Waals surface area contributed by atoms with E-state index in [0.717, 1.165) is 16.4 Å². The van der Waals surface area contributed by atoms with E-state index < -0.39 is 43.9 Å². The molecule has 8 nitrogen and oxygen atoms in total. The topological polar surface area (TPSA) is 104 Å². The molecular formula is C21H26BrFN2O6S2. The summed E-state index contributed by atoms with van der Waals surface area (Å²) in [7, 11) is -6.52. The van der Waals surface area contributed by atoms with Gasteiger partial charge in [0, 0.05) is 30.0 Å². The molecule has 2 aromatic rings. The number of ether oxygens (including phenoxy) is 1. The fourth-order valence-electron chi connectivity index (χ4n) is 3.56. The maximum atomic E-state index is 13.3. The van der Waals surface area contributed by atoms with Crippen LogP contribution in [0.1, 0.15) is 13.8 Å². The lowest BCUT2D eigenvalue weighted by molar-refractivity contribution is 0.0904. The summed E-state index contributed by atoms with van der Waals surface area (Å²) < 4.78 is 74.9. The lowest BCUT2D eigenvalue weighted by Gasteiger charge is -2.37. The third-order valence-corrected chi connectivity index (χ3v) is 9.94. The standard InChI is InChI=1S/C21H26BrFN2O6S2/c1-14-11-25(15(2)13-26)33(29,30)21-9-4-16(22)10-19(21)31-20(14)12-24(3)32(27,28)18-7-5-17(23)6-8-18/h4-10,14-15,20,26H,11-13H2,1-3H3/t14-,15+,20-/m0/s1. The van der Waals surface area contributed by atoms with Crippen LogP contribution in [-0.4, -0.2) is 69.4 Å². The summed E-state index contributed by atoms with van der Waals surface area (Å²) in [5.74, 6) is -0.884. The number of hydrogen-bond acceptors (Lipinski definition) is 6. The lowest BCUT2D eigenvalue weighted by Crippen LogP contribution is -2.50. The Morgan fingerprint density at radius 3 is 2.52 bits per heavy atom. The van der Waals surface area contributed by atoms with E-state index in [4.69, 9.17) is 4.74 Å². The molecule has 33 heavy (non-hydrogen) atoms. The molecule has 1 aliphatic rings. The third kappa shape index (κ3) is 5.41. The molecule has 12 heteroatoms. The molecule has 0 bridgehead atoms. The van der Waals surface area contributed by atoms with Gasteiger partial charge in [-0.1, -0.05) is 22.9 Å². The first-order chi connectivity index (χ1) is 15.4. The molecule has 1 N–H and O–H groups in total. The Bertz CT molecular complexity index is 1210. The van der Waals surface area contributed by atoms with Crippen LogP contribution in [0.2, 0.25) is 0 Å². The molecule has 2 aromatic carbocycles. The third-order valence-electron chi connectivity index (χ3n) is 5.59. The quantitative estimate of drug-likeness (QED) is 0.578. The highest BCUT2D eigenvalue weighted by Gasteiger charge is 2.39. The van der Waals surface area contributed by atoms with Gasteiger partial charge in [0.1, 0.15) is 22.6 Å². The van der Waals surface area contributed by atoms with E-state index in [1.807, 2.05) is 0 Å². The molecule has 182 valence electrons. The van der Waals surface area contributed by atoms with Crippen molar-refractivity contribution in [3.63, 3.8) is 0 Å². The van der Waals surface area contributed by atoms with Crippen LogP contribution in [0.25, 0.3) is 0 Å². The molecule has 0 fully saturated rings. The molecule has 0 amide bonds. The van der Waals surface area contributed by atoms with Crippen LogP contribution in [0.15, 0.2) is 56.7 Å². The molecule has 0 saturated heterocycles. The molecule has 0 unspecified atom stereocenters. The van der Waals surface area contributed by atoms with E-state index in [9.17, 15) is 26.3 Å². The number of fused-ring (bicyclic) bond motifs is 1. The highest BCUT2D eigenvalue weighted by Crippen LogP contribution is 2.35. The largest absolute Gasteiger partial charge is 0.487 e. The van der Waals surface area contributed by atoms with Crippen LogP contribution in [-0.2, 0) is 20.0 Å². The Kier molecular flexibility index (Phi) is 7.86. The minimum atomic E-state index is -3.97. The van der Waals surface area contributed by atoms with Crippen LogP contribution in [0.3, 0.4) is 0 Å². The zero-order valence-corrected chi connectivity index (χ0v) is 21.6. The molecule has 0 aromatic heterocycles. The second-order valence-electron chi connectivity index (χ2n) is 8.07. The molecule has 1 aliphatic heterocycles. The van der Waals surface area contributed by atoms with Crippen molar-refractivity contribution in [2.75, 3.05) is 26.7 Å². The molecular weight excluding hydrogens is 539 g/mol. The van der Waals surface area contributed by atoms with Gasteiger partial charge >= 0.3 is 0 Å². The molecule has 0 radical (unpaired) electrons. The fraction of sp³-hybridized carbons (Fsp3) is 0.429. The van der Waals surface area contributed by atoms with Gasteiger partial charge in [-0.2, -0.15) is 8.61 Å². The second kappa shape index (κ2) is 9.96. The number of benzene rings is 2. The number of likely N-dealkylation sites (N-methyl/N-ethyl adjacent to an activating group) is 1. The zero-order valence-electron chi connectivity index (χ0n) is 18.4. The predicted octanol–water partition coefficient (Wildman–Crippen LogP) is 2.68. The molecule has 0 spiro atoms. The lowest BCUT2D eigenvalue weighted by atomic mass is 10.0. The van der Waals surface area contributed by atoms with Gasteiger partial charge in [-0.15, -0.1) is 0 Å². The van der Waals surface area contributed by atoms with E-state index in [0.29, 0.717) is 4.47 Å². The smallest absolute Gasteiger partial charge is 0.247 e. The van der Waals surface area contributed by atoms with E-state index >= 15 is 0 Å². The van der Waals surface area contributed by atoms with Crippen molar-refractivity contribution in [1.82, 2.24) is 8.61 Å². The maximum absolute atomic E-state index is 13.3. The van der Waals surface area contributed by atoms with Crippen molar-refractivity contribution in [3.05, 3.63) is 52.8 Å². The minimum Gasteiger partial charge on any atom is -0.487 e. The van der Waals surface area contributed by atoms with Gasteiger partial charge in [-0.25, -0.2) is 21.2 Å². The monoisotopic (exact) mass is 564 g/mol. The van der Waals surface area contributed by atoms with Crippen LogP contribution < -0.4 is 4.74 Å². The Morgan fingerprint density at radius 1 is 1.27 bits per heavy atom. The predicted molar refractivity (Wildman–Crippen MR) is 124 cm³/mol. The Balaban J connectivity index is 2.00. The SMILES string of the molecule is C[C@H](CO)N1C[C@H](C)[C@H](CN(C)S(=O)(=O)c2ccc(F)cc2)Oc2cc(Br)ccc2S1(=O)=O. The van der Waals surface area contributed by atoms with E-state index in [1.165, 1.54) is 35.6 Å². The van der Waals surface area contributed by atoms with Crippen molar-refractivity contribution < 1.29 is 31.1 Å². The summed E-state index contributed by atoms with van der Waals surface area (Å²) in [5, 5.41) is 9.66. The van der Waals surface area contributed by atoms with Gasteiger partial charge < -0.3 is 9.84 Å². The maximum Gasteiger partial charge on any atom is 0.247 e. The van der Waals surface area contributed by atoms with Crippen LogP contribution in [0.4, 0.5) is 4.39 Å². The van der Waals surface area contributed by atoms with Crippen molar-refractivity contribution in [2.45, 2.75) is 35.8 Å². The van der Waals surface area contributed by atoms with Crippen molar-refractivity contribution >= 4 is 36.0 Å². The summed E-state index contributed by atoms with van der Waals surface area (Å²) in [5.41, 5.74) is 0. The normalized spacial score (nSPS) is 22.2. The second-order valence-corrected chi connectivity index (χ2v) is 12.9. The summed E-state index contributed by atoms with van der Waals surface area (Å²) >= 11 is 3.32.